The Morgan fingerprint density at radius 2 is 2.00 bits per heavy atom. The van der Waals surface area contributed by atoms with Crippen molar-refractivity contribution in [3.63, 3.8) is 0 Å². The van der Waals surface area contributed by atoms with Gasteiger partial charge in [0.15, 0.2) is 0 Å². The Morgan fingerprint density at radius 3 is 2.50 bits per heavy atom. The molecule has 0 spiro atoms. The van der Waals surface area contributed by atoms with Crippen LogP contribution in [-0.4, -0.2) is 11.4 Å². The van der Waals surface area contributed by atoms with E-state index in [1.165, 1.54) is 11.8 Å². The summed E-state index contributed by atoms with van der Waals surface area (Å²) >= 11 is 0. The molecule has 2 heteroatoms. The van der Waals surface area contributed by atoms with E-state index in [9.17, 15) is 0 Å². The van der Waals surface area contributed by atoms with Gasteiger partial charge in [-0.3, -0.25) is 0 Å². The van der Waals surface area contributed by atoms with E-state index in [0.29, 0.717) is 0 Å². The Labute approximate surface area is 72.5 Å². The molecule has 0 radical (unpaired) electrons. The van der Waals surface area contributed by atoms with Gasteiger partial charge < -0.3 is 5.21 Å². The van der Waals surface area contributed by atoms with E-state index in [1.807, 2.05) is 12.1 Å². The highest BCUT2D eigenvalue weighted by molar-refractivity contribution is 5.78. The van der Waals surface area contributed by atoms with Crippen molar-refractivity contribution in [2.24, 2.45) is 5.16 Å². The van der Waals surface area contributed by atoms with E-state index in [2.05, 4.69) is 24.2 Å². The predicted molar refractivity (Wildman–Crippen MR) is 49.8 cm³/mol. The molecule has 1 N–H and O–H groups in total. The number of benzene rings is 1. The first kappa shape index (κ1) is 8.78. The first-order valence-electron chi connectivity index (χ1n) is 4.13. The topological polar surface area (TPSA) is 32.6 Å². The molecule has 64 valence electrons. The minimum atomic E-state index is 0.928. The molecule has 0 aromatic heterocycles. The highest BCUT2D eigenvalue weighted by Crippen LogP contribution is 2.04. The van der Waals surface area contributed by atoms with E-state index in [4.69, 9.17) is 5.21 Å². The molecule has 0 saturated carbocycles. The summed E-state index contributed by atoms with van der Waals surface area (Å²) in [6.07, 6.45) is 3.69. The Bertz CT molecular complexity index is 251. The van der Waals surface area contributed by atoms with Crippen LogP contribution < -0.4 is 0 Å². The van der Waals surface area contributed by atoms with Gasteiger partial charge in [0.1, 0.15) is 0 Å². The molecule has 0 atom stereocenters. The molecule has 0 unspecified atom stereocenters. The first-order chi connectivity index (χ1) is 5.86. The molecule has 0 bridgehead atoms. The largest absolute Gasteiger partial charge is 0.411 e. The van der Waals surface area contributed by atoms with E-state index in [-0.39, 0.29) is 0 Å². The molecule has 1 aromatic carbocycles. The lowest BCUT2D eigenvalue weighted by molar-refractivity contribution is 0.322. The number of rotatable bonds is 3. The normalized spacial score (nSPS) is 10.8. The van der Waals surface area contributed by atoms with Crippen molar-refractivity contribution < 1.29 is 5.21 Å². The highest BCUT2D eigenvalue weighted by Gasteiger charge is 1.90. The molecule has 1 aromatic rings. The zero-order valence-corrected chi connectivity index (χ0v) is 7.20. The maximum Gasteiger partial charge on any atom is 0.0733 e. The zero-order chi connectivity index (χ0) is 8.81. The second kappa shape index (κ2) is 4.54. The number of hydrogen-bond acceptors (Lipinski definition) is 2. The minimum Gasteiger partial charge on any atom is -0.411 e. The third-order valence-corrected chi connectivity index (χ3v) is 1.73. The monoisotopic (exact) mass is 163 g/mol. The van der Waals surface area contributed by atoms with E-state index < -0.39 is 0 Å². The van der Waals surface area contributed by atoms with E-state index in [0.717, 1.165) is 18.4 Å². The highest BCUT2D eigenvalue weighted by atomic mass is 16.4. The molecule has 0 aliphatic rings. The second-order valence-corrected chi connectivity index (χ2v) is 2.74. The van der Waals surface area contributed by atoms with Crippen molar-refractivity contribution in [2.45, 2.75) is 19.8 Å². The Balaban J connectivity index is 2.71. The standard InChI is InChI=1S/C10H13NO/c1-2-3-9-4-6-10(7-5-9)8-11-12/h4-8,12H,2-3H2,1H3/b11-8+. The van der Waals surface area contributed by atoms with Crippen LogP contribution >= 0.6 is 0 Å². The van der Waals surface area contributed by atoms with Crippen molar-refractivity contribution in [1.29, 1.82) is 0 Å². The van der Waals surface area contributed by atoms with Crippen molar-refractivity contribution in [3.05, 3.63) is 35.4 Å². The van der Waals surface area contributed by atoms with Crippen molar-refractivity contribution in [2.75, 3.05) is 0 Å². The molecule has 0 amide bonds. The van der Waals surface area contributed by atoms with Crippen LogP contribution in [0.15, 0.2) is 29.4 Å². The lowest BCUT2D eigenvalue weighted by atomic mass is 10.1. The van der Waals surface area contributed by atoms with Crippen LogP contribution in [0.2, 0.25) is 0 Å². The molecule has 0 aliphatic carbocycles. The van der Waals surface area contributed by atoms with Gasteiger partial charge in [0.2, 0.25) is 0 Å². The molecule has 1 rings (SSSR count). The molecule has 12 heavy (non-hydrogen) atoms. The van der Waals surface area contributed by atoms with Crippen LogP contribution in [0, 0.1) is 0 Å². The maximum atomic E-state index is 8.26. The lowest BCUT2D eigenvalue weighted by Crippen LogP contribution is -1.85. The van der Waals surface area contributed by atoms with Crippen molar-refractivity contribution in [1.82, 2.24) is 0 Å². The summed E-state index contributed by atoms with van der Waals surface area (Å²) in [5.74, 6) is 0. The fourth-order valence-electron chi connectivity index (χ4n) is 1.13. The zero-order valence-electron chi connectivity index (χ0n) is 7.20. The fourth-order valence-corrected chi connectivity index (χ4v) is 1.13. The van der Waals surface area contributed by atoms with Crippen LogP contribution in [0.5, 0.6) is 0 Å². The average molecular weight is 163 g/mol. The Hall–Kier alpha value is -1.31. The van der Waals surface area contributed by atoms with Crippen molar-refractivity contribution in [3.8, 4) is 0 Å². The minimum absolute atomic E-state index is 0.928. The smallest absolute Gasteiger partial charge is 0.0733 e. The Kier molecular flexibility index (Phi) is 3.33. The third kappa shape index (κ3) is 2.38. The van der Waals surface area contributed by atoms with Gasteiger partial charge in [-0.2, -0.15) is 0 Å². The summed E-state index contributed by atoms with van der Waals surface area (Å²) in [6.45, 7) is 2.16. The Morgan fingerprint density at radius 1 is 1.33 bits per heavy atom. The number of nitrogens with zero attached hydrogens (tertiary/aromatic N) is 1. The van der Waals surface area contributed by atoms with Gasteiger partial charge in [0.25, 0.3) is 0 Å². The summed E-state index contributed by atoms with van der Waals surface area (Å²) < 4.78 is 0. The summed E-state index contributed by atoms with van der Waals surface area (Å²) in [5.41, 5.74) is 2.25. The summed E-state index contributed by atoms with van der Waals surface area (Å²) in [4.78, 5) is 0. The summed E-state index contributed by atoms with van der Waals surface area (Å²) in [5, 5.41) is 11.2. The maximum absolute atomic E-state index is 8.26. The van der Waals surface area contributed by atoms with Gasteiger partial charge in [0.05, 0.1) is 6.21 Å². The second-order valence-electron chi connectivity index (χ2n) is 2.74. The number of aryl methyl sites for hydroxylation is 1. The van der Waals surface area contributed by atoms with Gasteiger partial charge >= 0.3 is 0 Å². The lowest BCUT2D eigenvalue weighted by Gasteiger charge is -1.97. The van der Waals surface area contributed by atoms with Crippen LogP contribution in [0.1, 0.15) is 24.5 Å². The van der Waals surface area contributed by atoms with Crippen LogP contribution in [0.4, 0.5) is 0 Å². The fraction of sp³-hybridized carbons (Fsp3) is 0.300. The van der Waals surface area contributed by atoms with E-state index in [1.54, 1.807) is 0 Å². The molecule has 2 nitrogen and oxygen atoms in total. The van der Waals surface area contributed by atoms with Gasteiger partial charge in [-0.05, 0) is 17.5 Å². The predicted octanol–water partition coefficient (Wildman–Crippen LogP) is 2.45. The average Bonchev–Trinajstić information content (AvgIpc) is 2.09. The molecule has 0 fully saturated rings. The SMILES string of the molecule is CCCc1ccc(/C=N/O)cc1. The molecule has 0 aliphatic heterocycles. The van der Waals surface area contributed by atoms with Crippen molar-refractivity contribution >= 4 is 6.21 Å². The van der Waals surface area contributed by atoms with Crippen LogP contribution in [0.25, 0.3) is 0 Å². The van der Waals surface area contributed by atoms with Gasteiger partial charge in [-0.15, -0.1) is 0 Å². The van der Waals surface area contributed by atoms with Gasteiger partial charge in [-0.1, -0.05) is 42.8 Å². The first-order valence-corrected chi connectivity index (χ1v) is 4.13. The molecular weight excluding hydrogens is 150 g/mol. The van der Waals surface area contributed by atoms with Crippen LogP contribution in [-0.2, 0) is 6.42 Å². The molecule has 0 heterocycles. The van der Waals surface area contributed by atoms with Crippen LogP contribution in [0.3, 0.4) is 0 Å². The number of hydrogen-bond donors (Lipinski definition) is 1. The van der Waals surface area contributed by atoms with Gasteiger partial charge in [0, 0.05) is 0 Å². The number of oxime groups is 1. The third-order valence-electron chi connectivity index (χ3n) is 1.73. The summed E-state index contributed by atoms with van der Waals surface area (Å²) in [6, 6.07) is 8.01. The van der Waals surface area contributed by atoms with E-state index >= 15 is 0 Å². The van der Waals surface area contributed by atoms with Gasteiger partial charge in [-0.25, -0.2) is 0 Å². The molecular formula is C10H13NO. The summed E-state index contributed by atoms with van der Waals surface area (Å²) in [7, 11) is 0. The molecule has 0 saturated heterocycles. The quantitative estimate of drug-likeness (QED) is 0.414.